The summed E-state index contributed by atoms with van der Waals surface area (Å²) in [7, 11) is 0. The van der Waals surface area contributed by atoms with Crippen LogP contribution in [-0.2, 0) is 0 Å². The average Bonchev–Trinajstić information content (AvgIpc) is 2.27. The number of ketones is 1. The van der Waals surface area contributed by atoms with Gasteiger partial charge in [-0.3, -0.25) is 9.78 Å². The Morgan fingerprint density at radius 3 is 2.67 bits per heavy atom. The first-order valence-electron chi connectivity index (χ1n) is 4.36. The van der Waals surface area contributed by atoms with Crippen LogP contribution in [0.4, 0.5) is 8.78 Å². The van der Waals surface area contributed by atoms with Gasteiger partial charge < -0.3 is 0 Å². The van der Waals surface area contributed by atoms with Crippen LogP contribution in [0.15, 0.2) is 36.5 Å². The van der Waals surface area contributed by atoms with Crippen LogP contribution in [0.3, 0.4) is 0 Å². The third-order valence-corrected chi connectivity index (χ3v) is 2.11. The number of hydrogen-bond acceptors (Lipinski definition) is 2. The van der Waals surface area contributed by atoms with Gasteiger partial charge in [0.15, 0.2) is 0 Å². The maximum absolute atomic E-state index is 12.3. The number of alkyl halides is 2. The van der Waals surface area contributed by atoms with Gasteiger partial charge >= 0.3 is 6.43 Å². The summed E-state index contributed by atoms with van der Waals surface area (Å²) in [5, 5.41) is 0.463. The molecule has 2 rings (SSSR count). The molecule has 0 bridgehead atoms. The molecule has 1 heterocycles. The molecule has 0 saturated heterocycles. The van der Waals surface area contributed by atoms with Crippen molar-refractivity contribution in [1.29, 1.82) is 0 Å². The zero-order chi connectivity index (χ0) is 10.8. The molecule has 1 aromatic carbocycles. The minimum atomic E-state index is -2.98. The van der Waals surface area contributed by atoms with E-state index in [1.807, 2.05) is 0 Å². The summed E-state index contributed by atoms with van der Waals surface area (Å²) in [6, 6.07) is 8.03. The molecule has 4 heteroatoms. The number of Topliss-reactive ketones (excluding diaryl/α,β-unsaturated/α-hetero) is 1. The number of aromatic nitrogens is 1. The molecule has 0 aliphatic heterocycles. The normalized spacial score (nSPS) is 10.9. The van der Waals surface area contributed by atoms with Gasteiger partial charge in [0, 0.05) is 17.1 Å². The van der Waals surface area contributed by atoms with Crippen LogP contribution in [0, 0.1) is 0 Å². The molecule has 15 heavy (non-hydrogen) atoms. The Labute approximate surface area is 84.6 Å². The maximum atomic E-state index is 12.3. The summed E-state index contributed by atoms with van der Waals surface area (Å²) in [6.45, 7) is 0. The van der Waals surface area contributed by atoms with E-state index in [9.17, 15) is 13.6 Å². The highest BCUT2D eigenvalue weighted by atomic mass is 19.3. The number of carbonyl (C=O) groups is 1. The number of benzene rings is 1. The fourth-order valence-corrected chi connectivity index (χ4v) is 1.43. The van der Waals surface area contributed by atoms with Gasteiger partial charge in [0.1, 0.15) is 0 Å². The first-order valence-corrected chi connectivity index (χ1v) is 4.36. The van der Waals surface area contributed by atoms with Crippen molar-refractivity contribution in [2.75, 3.05) is 0 Å². The van der Waals surface area contributed by atoms with E-state index in [2.05, 4.69) is 4.98 Å². The fourth-order valence-electron chi connectivity index (χ4n) is 1.43. The minimum Gasteiger partial charge on any atom is -0.288 e. The topological polar surface area (TPSA) is 30.0 Å². The van der Waals surface area contributed by atoms with E-state index >= 15 is 0 Å². The molecular weight excluding hydrogens is 200 g/mol. The summed E-state index contributed by atoms with van der Waals surface area (Å²) in [6.07, 6.45) is -1.62. The molecule has 0 aliphatic rings. The van der Waals surface area contributed by atoms with Crippen LogP contribution >= 0.6 is 0 Å². The number of pyridine rings is 1. The van der Waals surface area contributed by atoms with Crippen molar-refractivity contribution in [3.8, 4) is 0 Å². The first-order chi connectivity index (χ1) is 7.20. The molecule has 0 radical (unpaired) electrons. The van der Waals surface area contributed by atoms with Crippen LogP contribution in [0.25, 0.3) is 10.9 Å². The SMILES string of the molecule is O=C(c1ccnc2ccccc12)C(F)F. The standard InChI is InChI=1S/C11H7F2NO/c12-11(13)10(15)8-5-6-14-9-4-2-1-3-7(8)9/h1-6,11H. The van der Waals surface area contributed by atoms with Crippen LogP contribution in [0.2, 0.25) is 0 Å². The van der Waals surface area contributed by atoms with Crippen LogP contribution in [0.1, 0.15) is 10.4 Å². The fraction of sp³-hybridized carbons (Fsp3) is 0.0909. The zero-order valence-electron chi connectivity index (χ0n) is 7.65. The van der Waals surface area contributed by atoms with Crippen LogP contribution in [0.5, 0.6) is 0 Å². The van der Waals surface area contributed by atoms with Crippen LogP contribution < -0.4 is 0 Å². The molecule has 0 spiro atoms. The Balaban J connectivity index is 2.66. The van der Waals surface area contributed by atoms with Gasteiger partial charge in [-0.2, -0.15) is 0 Å². The monoisotopic (exact) mass is 207 g/mol. The number of para-hydroxylation sites is 1. The van der Waals surface area contributed by atoms with Crippen molar-refractivity contribution in [2.45, 2.75) is 6.43 Å². The van der Waals surface area contributed by atoms with E-state index in [0.29, 0.717) is 10.9 Å². The third kappa shape index (κ3) is 1.70. The molecule has 0 saturated carbocycles. The quantitative estimate of drug-likeness (QED) is 0.708. The Kier molecular flexibility index (Phi) is 2.41. The second-order valence-electron chi connectivity index (χ2n) is 3.04. The summed E-state index contributed by atoms with van der Waals surface area (Å²) in [5.41, 5.74) is 0.569. The van der Waals surface area contributed by atoms with Gasteiger partial charge in [0.25, 0.3) is 0 Å². The molecule has 0 aliphatic carbocycles. The number of carbonyl (C=O) groups excluding carboxylic acids is 1. The molecule has 0 N–H and O–H groups in total. The highest BCUT2D eigenvalue weighted by Gasteiger charge is 2.19. The predicted octanol–water partition coefficient (Wildman–Crippen LogP) is 2.68. The van der Waals surface area contributed by atoms with Gasteiger partial charge in [0.05, 0.1) is 5.52 Å². The summed E-state index contributed by atoms with van der Waals surface area (Å²) >= 11 is 0. The lowest BCUT2D eigenvalue weighted by molar-refractivity contribution is 0.0680. The van der Waals surface area contributed by atoms with Gasteiger partial charge in [-0.1, -0.05) is 18.2 Å². The van der Waals surface area contributed by atoms with Gasteiger partial charge in [-0.25, -0.2) is 8.78 Å². The van der Waals surface area contributed by atoms with E-state index in [1.165, 1.54) is 12.3 Å². The molecule has 0 amide bonds. The largest absolute Gasteiger partial charge is 0.300 e. The van der Waals surface area contributed by atoms with Crippen LogP contribution in [-0.4, -0.2) is 17.2 Å². The number of fused-ring (bicyclic) bond motifs is 1. The molecule has 2 aromatic rings. The lowest BCUT2D eigenvalue weighted by atomic mass is 10.1. The summed E-state index contributed by atoms with van der Waals surface area (Å²) < 4.78 is 24.5. The van der Waals surface area contributed by atoms with E-state index in [0.717, 1.165) is 0 Å². The molecule has 0 unspecified atom stereocenters. The van der Waals surface area contributed by atoms with Crippen molar-refractivity contribution < 1.29 is 13.6 Å². The minimum absolute atomic E-state index is 0.0237. The Morgan fingerprint density at radius 2 is 1.93 bits per heavy atom. The second kappa shape index (κ2) is 3.73. The number of hydrogen-bond donors (Lipinski definition) is 0. The lowest BCUT2D eigenvalue weighted by Gasteiger charge is -2.03. The van der Waals surface area contributed by atoms with Crippen molar-refractivity contribution in [2.24, 2.45) is 0 Å². The molecule has 2 nitrogen and oxygen atoms in total. The third-order valence-electron chi connectivity index (χ3n) is 2.11. The highest BCUT2D eigenvalue weighted by Crippen LogP contribution is 2.18. The predicted molar refractivity (Wildman–Crippen MR) is 52.1 cm³/mol. The summed E-state index contributed by atoms with van der Waals surface area (Å²) in [5.74, 6) is -1.16. The van der Waals surface area contributed by atoms with Crippen molar-refractivity contribution in [3.05, 3.63) is 42.1 Å². The summed E-state index contributed by atoms with van der Waals surface area (Å²) in [4.78, 5) is 15.2. The lowest BCUT2D eigenvalue weighted by Crippen LogP contribution is -2.10. The second-order valence-corrected chi connectivity index (χ2v) is 3.04. The van der Waals surface area contributed by atoms with Gasteiger partial charge in [0.2, 0.25) is 5.78 Å². The van der Waals surface area contributed by atoms with Crippen molar-refractivity contribution >= 4 is 16.7 Å². The van der Waals surface area contributed by atoms with Crippen molar-refractivity contribution in [1.82, 2.24) is 4.98 Å². The molecule has 1 aromatic heterocycles. The van der Waals surface area contributed by atoms with E-state index in [-0.39, 0.29) is 5.56 Å². The smallest absolute Gasteiger partial charge is 0.288 e. The van der Waals surface area contributed by atoms with Crippen molar-refractivity contribution in [3.63, 3.8) is 0 Å². The van der Waals surface area contributed by atoms with E-state index in [1.54, 1.807) is 24.3 Å². The molecule has 76 valence electrons. The Bertz CT molecular complexity index is 505. The van der Waals surface area contributed by atoms with Gasteiger partial charge in [-0.05, 0) is 12.1 Å². The average molecular weight is 207 g/mol. The molecule has 0 atom stereocenters. The van der Waals surface area contributed by atoms with E-state index < -0.39 is 12.2 Å². The Morgan fingerprint density at radius 1 is 1.20 bits per heavy atom. The molecular formula is C11H7F2NO. The van der Waals surface area contributed by atoms with E-state index in [4.69, 9.17) is 0 Å². The first kappa shape index (κ1) is 9.71. The number of nitrogens with zero attached hydrogens (tertiary/aromatic N) is 1. The van der Waals surface area contributed by atoms with Gasteiger partial charge in [-0.15, -0.1) is 0 Å². The number of rotatable bonds is 2. The maximum Gasteiger partial charge on any atom is 0.300 e. The Hall–Kier alpha value is -1.84. The zero-order valence-corrected chi connectivity index (χ0v) is 7.65. The number of halogens is 2. The molecule has 0 fully saturated rings. The highest BCUT2D eigenvalue weighted by molar-refractivity contribution is 6.08.